The molecule has 2 rings (SSSR count). The second-order valence-corrected chi connectivity index (χ2v) is 6.09. The van der Waals surface area contributed by atoms with Crippen LogP contribution in [0.5, 0.6) is 0 Å². The first kappa shape index (κ1) is 15.8. The van der Waals surface area contributed by atoms with Gasteiger partial charge in [0.05, 0.1) is 11.3 Å². The van der Waals surface area contributed by atoms with Gasteiger partial charge in [-0.3, -0.25) is 0 Å². The van der Waals surface area contributed by atoms with Crippen LogP contribution < -0.4 is 5.32 Å². The summed E-state index contributed by atoms with van der Waals surface area (Å²) in [6, 6.07) is 11.0. The number of nitrogens with one attached hydrogen (secondary N) is 1. The van der Waals surface area contributed by atoms with Crippen molar-refractivity contribution in [1.82, 2.24) is 0 Å². The summed E-state index contributed by atoms with van der Waals surface area (Å²) in [6.07, 6.45) is 2.05. The fourth-order valence-corrected chi connectivity index (χ4v) is 2.76. The fraction of sp³-hybridized carbons (Fsp3) is 0.176. The molecule has 0 aliphatic heterocycles. The topological polar surface area (TPSA) is 73.1 Å². The molecule has 0 saturated carbocycles. The van der Waals surface area contributed by atoms with Gasteiger partial charge in [-0.1, -0.05) is 17.7 Å². The number of anilines is 1. The van der Waals surface area contributed by atoms with Gasteiger partial charge in [0.1, 0.15) is 10.9 Å². The molecule has 22 heavy (non-hydrogen) atoms. The molecule has 1 aromatic heterocycles. The summed E-state index contributed by atoms with van der Waals surface area (Å²) in [6.45, 7) is 4.71. The second kappa shape index (κ2) is 6.92. The van der Waals surface area contributed by atoms with Gasteiger partial charge >= 0.3 is 5.97 Å². The minimum Gasteiger partial charge on any atom is -0.477 e. The zero-order valence-electron chi connectivity index (χ0n) is 12.4. The molecule has 0 amide bonds. The zero-order chi connectivity index (χ0) is 16.1. The van der Waals surface area contributed by atoms with Crippen LogP contribution in [0.1, 0.15) is 29.1 Å². The van der Waals surface area contributed by atoms with Crippen LogP contribution in [0.25, 0.3) is 10.4 Å². The van der Waals surface area contributed by atoms with Gasteiger partial charge in [-0.25, -0.2) is 4.79 Å². The van der Waals surface area contributed by atoms with E-state index in [-0.39, 0.29) is 0 Å². The Labute approximate surface area is 133 Å². The number of thiophene rings is 1. The summed E-state index contributed by atoms with van der Waals surface area (Å²) in [5.41, 5.74) is 3.38. The molecule has 1 aromatic carbocycles. The Hall–Kier alpha value is -2.58. The molecule has 0 radical (unpaired) electrons. The summed E-state index contributed by atoms with van der Waals surface area (Å²) in [5.74, 6) is -0.934. The van der Waals surface area contributed by atoms with Gasteiger partial charge in [0, 0.05) is 11.4 Å². The summed E-state index contributed by atoms with van der Waals surface area (Å²) in [4.78, 5) is 12.1. The van der Waals surface area contributed by atoms with Crippen LogP contribution in [0.2, 0.25) is 0 Å². The molecule has 0 spiro atoms. The van der Waals surface area contributed by atoms with Crippen molar-refractivity contribution in [2.24, 2.45) is 0 Å². The third-order valence-electron chi connectivity index (χ3n) is 3.04. The lowest BCUT2D eigenvalue weighted by Crippen LogP contribution is -2.01. The molecule has 1 heterocycles. The first-order chi connectivity index (χ1) is 10.5. The number of allylic oxidation sites excluding steroid dienone is 1. The molecule has 0 atom stereocenters. The largest absolute Gasteiger partial charge is 0.477 e. The fourth-order valence-electron chi connectivity index (χ4n) is 1.92. The molecule has 4 nitrogen and oxygen atoms in total. The standard InChI is InChI=1S/C17H16N2O2S/c1-11(2)7-8-19-14-4-3-12(9-13(14)10-18)15-5-6-16(22-15)17(20)21/h3-7,9,19H,8H2,1-2H3,(H,20,21). The molecule has 5 heteroatoms. The first-order valence-corrected chi connectivity index (χ1v) is 7.58. The van der Waals surface area contributed by atoms with E-state index in [9.17, 15) is 10.1 Å². The van der Waals surface area contributed by atoms with E-state index in [0.29, 0.717) is 17.0 Å². The molecule has 0 fully saturated rings. The number of hydrogen-bond donors (Lipinski definition) is 2. The molecule has 0 saturated heterocycles. The van der Waals surface area contributed by atoms with Crippen molar-refractivity contribution in [2.75, 3.05) is 11.9 Å². The normalized spacial score (nSPS) is 9.86. The monoisotopic (exact) mass is 312 g/mol. The van der Waals surface area contributed by atoms with Crippen LogP contribution in [0.15, 0.2) is 42.0 Å². The van der Waals surface area contributed by atoms with Crippen molar-refractivity contribution in [3.8, 4) is 16.5 Å². The summed E-state index contributed by atoms with van der Waals surface area (Å²) in [7, 11) is 0. The van der Waals surface area contributed by atoms with E-state index in [1.807, 2.05) is 32.1 Å². The Bertz CT molecular complexity index is 765. The quantitative estimate of drug-likeness (QED) is 0.804. The van der Waals surface area contributed by atoms with E-state index in [2.05, 4.69) is 11.4 Å². The van der Waals surface area contributed by atoms with Crippen molar-refractivity contribution in [3.05, 3.63) is 52.4 Å². The second-order valence-electron chi connectivity index (χ2n) is 5.00. The van der Waals surface area contributed by atoms with Gasteiger partial charge in [0.25, 0.3) is 0 Å². The van der Waals surface area contributed by atoms with Crippen molar-refractivity contribution >= 4 is 23.0 Å². The summed E-state index contributed by atoms with van der Waals surface area (Å²) < 4.78 is 0. The molecule has 2 N–H and O–H groups in total. The Balaban J connectivity index is 2.26. The average Bonchev–Trinajstić information content (AvgIpc) is 2.97. The molecule has 0 aliphatic carbocycles. The van der Waals surface area contributed by atoms with E-state index in [0.717, 1.165) is 16.1 Å². The average molecular weight is 312 g/mol. The SMILES string of the molecule is CC(C)=CCNc1ccc(-c2ccc(C(=O)O)s2)cc1C#N. The van der Waals surface area contributed by atoms with Gasteiger partial charge < -0.3 is 10.4 Å². The Morgan fingerprint density at radius 2 is 2.14 bits per heavy atom. The smallest absolute Gasteiger partial charge is 0.345 e. The highest BCUT2D eigenvalue weighted by Crippen LogP contribution is 2.30. The molecule has 0 unspecified atom stereocenters. The maximum absolute atomic E-state index is 10.9. The number of nitrogens with zero attached hydrogens (tertiary/aromatic N) is 1. The van der Waals surface area contributed by atoms with E-state index < -0.39 is 5.97 Å². The summed E-state index contributed by atoms with van der Waals surface area (Å²) >= 11 is 1.20. The van der Waals surface area contributed by atoms with Gasteiger partial charge in [-0.05, 0) is 43.7 Å². The Morgan fingerprint density at radius 3 is 2.73 bits per heavy atom. The van der Waals surface area contributed by atoms with Crippen LogP contribution in [-0.2, 0) is 0 Å². The van der Waals surface area contributed by atoms with Crippen LogP contribution in [0.3, 0.4) is 0 Å². The van der Waals surface area contributed by atoms with Crippen LogP contribution in [0.4, 0.5) is 5.69 Å². The Kier molecular flexibility index (Phi) is 4.97. The van der Waals surface area contributed by atoms with E-state index in [4.69, 9.17) is 5.11 Å². The number of hydrogen-bond acceptors (Lipinski definition) is 4. The zero-order valence-corrected chi connectivity index (χ0v) is 13.2. The maximum atomic E-state index is 10.9. The van der Waals surface area contributed by atoms with Gasteiger partial charge in [0.15, 0.2) is 0 Å². The molecule has 0 aliphatic rings. The molecular weight excluding hydrogens is 296 g/mol. The molecule has 112 valence electrons. The number of aromatic carboxylic acids is 1. The maximum Gasteiger partial charge on any atom is 0.345 e. The molecule has 0 bridgehead atoms. The first-order valence-electron chi connectivity index (χ1n) is 6.76. The lowest BCUT2D eigenvalue weighted by Gasteiger charge is -2.08. The van der Waals surface area contributed by atoms with Crippen molar-refractivity contribution in [3.63, 3.8) is 0 Å². The number of carboxylic acids is 1. The number of nitriles is 1. The minimum absolute atomic E-state index is 0.291. The van der Waals surface area contributed by atoms with Crippen molar-refractivity contribution < 1.29 is 9.90 Å². The highest BCUT2D eigenvalue weighted by Gasteiger charge is 2.10. The predicted octanol–water partition coefficient (Wildman–Crippen LogP) is 4.36. The van der Waals surface area contributed by atoms with Crippen molar-refractivity contribution in [2.45, 2.75) is 13.8 Å². The van der Waals surface area contributed by atoms with Gasteiger partial charge in [0.2, 0.25) is 0 Å². The van der Waals surface area contributed by atoms with Crippen molar-refractivity contribution in [1.29, 1.82) is 5.26 Å². The van der Waals surface area contributed by atoms with Gasteiger partial charge in [-0.2, -0.15) is 5.26 Å². The Morgan fingerprint density at radius 1 is 1.36 bits per heavy atom. The summed E-state index contributed by atoms with van der Waals surface area (Å²) in [5, 5.41) is 21.5. The van der Waals surface area contributed by atoms with Gasteiger partial charge in [-0.15, -0.1) is 11.3 Å². The lowest BCUT2D eigenvalue weighted by atomic mass is 10.1. The number of carbonyl (C=O) groups is 1. The number of benzene rings is 1. The van der Waals surface area contributed by atoms with E-state index >= 15 is 0 Å². The van der Waals surface area contributed by atoms with Crippen LogP contribution in [-0.4, -0.2) is 17.6 Å². The molecular formula is C17H16N2O2S. The highest BCUT2D eigenvalue weighted by atomic mass is 32.1. The van der Waals surface area contributed by atoms with Crippen LogP contribution >= 0.6 is 11.3 Å². The van der Waals surface area contributed by atoms with E-state index in [1.54, 1.807) is 18.2 Å². The van der Waals surface area contributed by atoms with E-state index in [1.165, 1.54) is 16.9 Å². The predicted molar refractivity (Wildman–Crippen MR) is 89.4 cm³/mol. The minimum atomic E-state index is -0.934. The number of rotatable bonds is 5. The highest BCUT2D eigenvalue weighted by molar-refractivity contribution is 7.17. The molecule has 2 aromatic rings. The lowest BCUT2D eigenvalue weighted by molar-refractivity contribution is 0.0702. The third-order valence-corrected chi connectivity index (χ3v) is 4.17. The van der Waals surface area contributed by atoms with Crippen LogP contribution in [0, 0.1) is 11.3 Å². The third kappa shape index (κ3) is 3.74. The number of carboxylic acid groups (broad SMARTS) is 1.